The van der Waals surface area contributed by atoms with Crippen molar-refractivity contribution in [3.05, 3.63) is 76.3 Å². The number of ketones is 2. The van der Waals surface area contributed by atoms with Crippen LogP contribution in [-0.4, -0.2) is 41.9 Å². The summed E-state index contributed by atoms with van der Waals surface area (Å²) in [5.74, 6) is -1.46. The molecule has 0 aromatic heterocycles. The summed E-state index contributed by atoms with van der Waals surface area (Å²) in [4.78, 5) is 37.5. The van der Waals surface area contributed by atoms with Crippen LogP contribution in [0.5, 0.6) is 11.5 Å². The Morgan fingerprint density at radius 3 is 2.00 bits per heavy atom. The first-order valence-electron chi connectivity index (χ1n) is 10.3. The Kier molecular flexibility index (Phi) is 7.17. The molecule has 8 nitrogen and oxygen atoms in total. The first-order chi connectivity index (χ1) is 15.7. The summed E-state index contributed by atoms with van der Waals surface area (Å²) in [5, 5.41) is 21.6. The fourth-order valence-electron chi connectivity index (χ4n) is 3.58. The lowest BCUT2D eigenvalue weighted by molar-refractivity contribution is -0.121. The Labute approximate surface area is 191 Å². The molecule has 0 saturated heterocycles. The third-order valence-corrected chi connectivity index (χ3v) is 5.33. The lowest BCUT2D eigenvalue weighted by Gasteiger charge is -2.20. The molecule has 2 aromatic rings. The van der Waals surface area contributed by atoms with Crippen LogP contribution in [0.3, 0.4) is 0 Å². The molecule has 0 fully saturated rings. The molecule has 3 rings (SSSR count). The van der Waals surface area contributed by atoms with Crippen molar-refractivity contribution in [2.45, 2.75) is 26.2 Å². The van der Waals surface area contributed by atoms with Crippen LogP contribution in [0.25, 0.3) is 0 Å². The Balaban J connectivity index is 1.62. The zero-order chi connectivity index (χ0) is 24.1. The van der Waals surface area contributed by atoms with Gasteiger partial charge in [0.05, 0.1) is 14.2 Å². The molecule has 1 aliphatic rings. The van der Waals surface area contributed by atoms with E-state index < -0.39 is 0 Å². The molecular weight excluding hydrogens is 426 g/mol. The molecule has 0 atom stereocenters. The molecule has 33 heavy (non-hydrogen) atoms. The van der Waals surface area contributed by atoms with Gasteiger partial charge in [-0.25, -0.2) is 0 Å². The highest BCUT2D eigenvalue weighted by Crippen LogP contribution is 2.28. The van der Waals surface area contributed by atoms with E-state index in [1.807, 2.05) is 24.3 Å². The minimum atomic E-state index is -0.370. The van der Waals surface area contributed by atoms with E-state index in [0.29, 0.717) is 23.3 Å². The number of rotatable bonds is 8. The fraction of sp³-hybridized carbons (Fsp3) is 0.240. The quantitative estimate of drug-likeness (QED) is 0.527. The molecule has 0 bridgehead atoms. The number of carbonyl (C=O) groups is 3. The summed E-state index contributed by atoms with van der Waals surface area (Å²) in [7, 11) is 2.65. The van der Waals surface area contributed by atoms with Crippen LogP contribution >= 0.6 is 0 Å². The highest BCUT2D eigenvalue weighted by molar-refractivity contribution is 6.23. The van der Waals surface area contributed by atoms with Gasteiger partial charge < -0.3 is 25.0 Å². The van der Waals surface area contributed by atoms with Crippen molar-refractivity contribution in [2.75, 3.05) is 19.5 Å². The number of phenolic OH excluding ortho intramolecular Hbond substituents is 2. The van der Waals surface area contributed by atoms with Gasteiger partial charge in [0.1, 0.15) is 11.5 Å². The van der Waals surface area contributed by atoms with Crippen molar-refractivity contribution >= 4 is 23.2 Å². The number of hydrogen-bond donors (Lipinski definition) is 3. The smallest absolute Gasteiger partial charge is 0.228 e. The maximum absolute atomic E-state index is 12.8. The Morgan fingerprint density at radius 2 is 1.42 bits per heavy atom. The molecule has 172 valence electrons. The van der Waals surface area contributed by atoms with E-state index in [9.17, 15) is 24.6 Å². The van der Waals surface area contributed by atoms with Gasteiger partial charge in [-0.2, -0.15) is 0 Å². The molecule has 1 aliphatic carbocycles. The minimum Gasteiger partial charge on any atom is -0.508 e. The molecule has 0 unspecified atom stereocenters. The number of phenols is 2. The molecule has 0 aliphatic heterocycles. The number of hydrogen-bond acceptors (Lipinski definition) is 7. The normalized spacial score (nSPS) is 13.9. The molecule has 3 N–H and O–H groups in total. The zero-order valence-electron chi connectivity index (χ0n) is 18.6. The predicted molar refractivity (Wildman–Crippen MR) is 121 cm³/mol. The van der Waals surface area contributed by atoms with Gasteiger partial charge in [0.15, 0.2) is 0 Å². The molecular formula is C25H25NO7. The Hall–Kier alpha value is -4.07. The maximum Gasteiger partial charge on any atom is 0.228 e. The zero-order valence-corrected chi connectivity index (χ0v) is 18.6. The highest BCUT2D eigenvalue weighted by Gasteiger charge is 2.34. The molecule has 0 saturated carbocycles. The fourth-order valence-corrected chi connectivity index (χ4v) is 3.58. The van der Waals surface area contributed by atoms with Gasteiger partial charge in [0.2, 0.25) is 29.0 Å². The number of allylic oxidation sites excluding steroid dienone is 2. The van der Waals surface area contributed by atoms with Crippen molar-refractivity contribution < 1.29 is 34.1 Å². The van der Waals surface area contributed by atoms with Gasteiger partial charge in [-0.3, -0.25) is 14.4 Å². The number of nitrogens with one attached hydrogen (secondary N) is 1. The number of anilines is 1. The third-order valence-electron chi connectivity index (χ3n) is 5.33. The number of aryl methyl sites for hydroxylation is 1. The van der Waals surface area contributed by atoms with Gasteiger partial charge in [-0.05, 0) is 24.5 Å². The van der Waals surface area contributed by atoms with Gasteiger partial charge in [-0.1, -0.05) is 24.3 Å². The molecule has 0 radical (unpaired) electrons. The standard InChI is InChI=1S/C25H25NO7/c1-14-20(23(31)25(33-3)24(32-2)22(14)30)10-16-6-4-15(5-7-16)8-9-21(29)26-17-11-18(27)13-19(28)12-17/h4-7,11-13,27-28H,8-10H2,1-3H3,(H,26,29). The number of ether oxygens (including phenoxy) is 2. The second-order valence-electron chi connectivity index (χ2n) is 7.61. The third kappa shape index (κ3) is 5.41. The van der Waals surface area contributed by atoms with Crippen LogP contribution in [0, 0.1) is 0 Å². The van der Waals surface area contributed by atoms with Gasteiger partial charge >= 0.3 is 0 Å². The van der Waals surface area contributed by atoms with Crippen LogP contribution < -0.4 is 5.32 Å². The van der Waals surface area contributed by atoms with Crippen molar-refractivity contribution in [1.82, 2.24) is 0 Å². The predicted octanol–water partition coefficient (Wildman–Crippen LogP) is 3.18. The van der Waals surface area contributed by atoms with E-state index in [2.05, 4.69) is 5.32 Å². The number of Topliss-reactive ketones (excluding diaryl/α,β-unsaturated/α-hetero) is 2. The maximum atomic E-state index is 12.8. The van der Waals surface area contributed by atoms with Gasteiger partial charge in [0.25, 0.3) is 0 Å². The van der Waals surface area contributed by atoms with E-state index in [0.717, 1.165) is 11.1 Å². The second kappa shape index (κ2) is 10.0. The van der Waals surface area contributed by atoms with Crippen LogP contribution in [0.1, 0.15) is 24.5 Å². The van der Waals surface area contributed by atoms with Crippen molar-refractivity contribution in [3.63, 3.8) is 0 Å². The second-order valence-corrected chi connectivity index (χ2v) is 7.61. The van der Waals surface area contributed by atoms with Crippen LogP contribution in [0.4, 0.5) is 5.69 Å². The summed E-state index contributed by atoms with van der Waals surface area (Å²) in [5.41, 5.74) is 2.76. The largest absolute Gasteiger partial charge is 0.508 e. The summed E-state index contributed by atoms with van der Waals surface area (Å²) >= 11 is 0. The monoisotopic (exact) mass is 451 g/mol. The topological polar surface area (TPSA) is 122 Å². The van der Waals surface area contributed by atoms with Crippen LogP contribution in [-0.2, 0) is 36.7 Å². The number of methoxy groups -OCH3 is 2. The lowest BCUT2D eigenvalue weighted by atomic mass is 9.88. The molecule has 0 spiro atoms. The highest BCUT2D eigenvalue weighted by atomic mass is 16.5. The average molecular weight is 451 g/mol. The summed E-state index contributed by atoms with van der Waals surface area (Å²) in [6, 6.07) is 11.3. The molecule has 1 amide bonds. The van der Waals surface area contributed by atoms with Crippen LogP contribution in [0.15, 0.2) is 65.1 Å². The lowest BCUT2D eigenvalue weighted by Crippen LogP contribution is -2.26. The number of amides is 1. The average Bonchev–Trinajstić information content (AvgIpc) is 2.77. The first-order valence-corrected chi connectivity index (χ1v) is 10.3. The minimum absolute atomic E-state index is 0.0849. The Morgan fingerprint density at radius 1 is 0.879 bits per heavy atom. The van der Waals surface area contributed by atoms with Crippen molar-refractivity contribution in [3.8, 4) is 11.5 Å². The molecule has 8 heteroatoms. The molecule has 2 aromatic carbocycles. The van der Waals surface area contributed by atoms with E-state index in [-0.39, 0.29) is 53.3 Å². The van der Waals surface area contributed by atoms with E-state index in [1.165, 1.54) is 32.4 Å². The van der Waals surface area contributed by atoms with Gasteiger partial charge in [-0.15, -0.1) is 0 Å². The van der Waals surface area contributed by atoms with E-state index in [4.69, 9.17) is 9.47 Å². The molecule has 0 heterocycles. The summed E-state index contributed by atoms with van der Waals surface area (Å²) < 4.78 is 10.2. The first kappa shape index (κ1) is 23.6. The Bertz CT molecular complexity index is 1140. The van der Waals surface area contributed by atoms with E-state index >= 15 is 0 Å². The number of benzene rings is 2. The SMILES string of the molecule is COC1=C(OC)C(=O)C(Cc2ccc(CCC(=O)Nc3cc(O)cc(O)c3)cc2)=C(C)C1=O. The summed E-state index contributed by atoms with van der Waals surface area (Å²) in [6.45, 7) is 1.60. The van der Waals surface area contributed by atoms with E-state index in [1.54, 1.807) is 6.92 Å². The van der Waals surface area contributed by atoms with Crippen molar-refractivity contribution in [2.24, 2.45) is 0 Å². The van der Waals surface area contributed by atoms with Gasteiger partial charge in [0, 0.05) is 47.9 Å². The summed E-state index contributed by atoms with van der Waals surface area (Å²) in [6.07, 6.45) is 0.945. The number of aromatic hydroxyl groups is 2. The van der Waals surface area contributed by atoms with Crippen LogP contribution in [0.2, 0.25) is 0 Å². The number of carbonyl (C=O) groups excluding carboxylic acids is 3. The van der Waals surface area contributed by atoms with Crippen molar-refractivity contribution in [1.29, 1.82) is 0 Å².